The molecule has 0 saturated carbocycles. The Labute approximate surface area is 126 Å². The molecular formula is C12H5Cl3F3NO. The van der Waals surface area contributed by atoms with Gasteiger partial charge in [0.15, 0.2) is 0 Å². The van der Waals surface area contributed by atoms with Crippen molar-refractivity contribution in [2.75, 3.05) is 0 Å². The van der Waals surface area contributed by atoms with Gasteiger partial charge in [0, 0.05) is 17.3 Å². The van der Waals surface area contributed by atoms with Crippen molar-refractivity contribution in [2.24, 2.45) is 0 Å². The van der Waals surface area contributed by atoms with E-state index in [1.807, 2.05) is 4.98 Å². The van der Waals surface area contributed by atoms with E-state index < -0.39 is 17.3 Å². The smallest absolute Gasteiger partial charge is 0.328 e. The molecule has 0 atom stereocenters. The fourth-order valence-electron chi connectivity index (χ4n) is 1.58. The van der Waals surface area contributed by atoms with Crippen molar-refractivity contribution in [3.8, 4) is 11.1 Å². The quantitative estimate of drug-likeness (QED) is 0.725. The van der Waals surface area contributed by atoms with Crippen molar-refractivity contribution in [3.05, 3.63) is 55.4 Å². The average Bonchev–Trinajstić information content (AvgIpc) is 2.33. The minimum atomic E-state index is -4.58. The van der Waals surface area contributed by atoms with Crippen molar-refractivity contribution in [2.45, 2.75) is 6.18 Å². The van der Waals surface area contributed by atoms with Crippen LogP contribution in [0, 0.1) is 0 Å². The van der Waals surface area contributed by atoms with Gasteiger partial charge in [-0.3, -0.25) is 4.79 Å². The summed E-state index contributed by atoms with van der Waals surface area (Å²) >= 11 is 17.4. The molecule has 8 heteroatoms. The molecule has 20 heavy (non-hydrogen) atoms. The Morgan fingerprint density at radius 3 is 2.10 bits per heavy atom. The van der Waals surface area contributed by atoms with Gasteiger partial charge in [-0.2, -0.15) is 13.2 Å². The van der Waals surface area contributed by atoms with E-state index in [1.165, 1.54) is 12.1 Å². The van der Waals surface area contributed by atoms with Gasteiger partial charge in [0.1, 0.15) is 0 Å². The van der Waals surface area contributed by atoms with Gasteiger partial charge < -0.3 is 4.98 Å². The van der Waals surface area contributed by atoms with Crippen LogP contribution in [0.4, 0.5) is 13.2 Å². The molecular weight excluding hydrogens is 337 g/mol. The third-order valence-electron chi connectivity index (χ3n) is 2.53. The van der Waals surface area contributed by atoms with Gasteiger partial charge in [-0.1, -0.05) is 34.8 Å². The maximum atomic E-state index is 12.7. The summed E-state index contributed by atoms with van der Waals surface area (Å²) in [6.45, 7) is 0. The number of nitrogens with one attached hydrogen (secondary N) is 1. The zero-order valence-corrected chi connectivity index (χ0v) is 11.8. The monoisotopic (exact) mass is 341 g/mol. The molecule has 0 amide bonds. The number of pyridine rings is 1. The van der Waals surface area contributed by atoms with Crippen molar-refractivity contribution >= 4 is 34.8 Å². The van der Waals surface area contributed by atoms with Gasteiger partial charge in [-0.15, -0.1) is 0 Å². The number of benzene rings is 1. The van der Waals surface area contributed by atoms with E-state index in [4.69, 9.17) is 34.8 Å². The summed E-state index contributed by atoms with van der Waals surface area (Å²) in [4.78, 5) is 13.7. The minimum Gasteiger partial charge on any atom is -0.328 e. The summed E-state index contributed by atoms with van der Waals surface area (Å²) in [6, 6.07) is 3.22. The molecule has 1 N–H and O–H groups in total. The Morgan fingerprint density at radius 2 is 1.50 bits per heavy atom. The zero-order valence-electron chi connectivity index (χ0n) is 9.49. The Morgan fingerprint density at radius 1 is 0.900 bits per heavy atom. The van der Waals surface area contributed by atoms with Gasteiger partial charge in [-0.05, 0) is 18.2 Å². The first-order valence-corrected chi connectivity index (χ1v) is 6.28. The lowest BCUT2D eigenvalue weighted by Gasteiger charge is -2.10. The molecule has 1 aromatic carbocycles. The number of alkyl halides is 3. The number of aromatic amines is 1. The van der Waals surface area contributed by atoms with Gasteiger partial charge in [0.25, 0.3) is 5.56 Å². The molecule has 0 aliphatic heterocycles. The molecule has 0 unspecified atom stereocenters. The van der Waals surface area contributed by atoms with E-state index in [9.17, 15) is 18.0 Å². The normalized spacial score (nSPS) is 11.7. The third kappa shape index (κ3) is 2.95. The Kier molecular flexibility index (Phi) is 4.04. The fraction of sp³-hybridized carbons (Fsp3) is 0.0833. The van der Waals surface area contributed by atoms with Crippen LogP contribution in [0.2, 0.25) is 15.1 Å². The minimum absolute atomic E-state index is 0.0317. The summed E-state index contributed by atoms with van der Waals surface area (Å²) in [7, 11) is 0. The van der Waals surface area contributed by atoms with Crippen LogP contribution in [-0.2, 0) is 6.18 Å². The van der Waals surface area contributed by atoms with Crippen LogP contribution < -0.4 is 5.56 Å². The van der Waals surface area contributed by atoms with Crippen molar-refractivity contribution < 1.29 is 13.2 Å². The Balaban J connectivity index is 2.70. The molecule has 0 bridgehead atoms. The van der Waals surface area contributed by atoms with E-state index in [1.54, 1.807) is 0 Å². The topological polar surface area (TPSA) is 32.9 Å². The van der Waals surface area contributed by atoms with Gasteiger partial charge in [0.2, 0.25) is 0 Å². The summed E-state index contributed by atoms with van der Waals surface area (Å²) in [6.07, 6.45) is -3.99. The summed E-state index contributed by atoms with van der Waals surface area (Å²) < 4.78 is 38.0. The summed E-state index contributed by atoms with van der Waals surface area (Å²) in [5.41, 5.74) is -1.86. The second kappa shape index (κ2) is 5.31. The standard InChI is InChI=1S/C12H5Cl3F3NO/c13-8-3-10(15)9(14)2-6(8)7-1-5(12(16,17)18)4-19-11(7)20/h1-4H,(H,19,20). The van der Waals surface area contributed by atoms with Gasteiger partial charge in [-0.25, -0.2) is 0 Å². The molecule has 0 aliphatic rings. The molecule has 1 heterocycles. The van der Waals surface area contributed by atoms with Crippen LogP contribution in [0.3, 0.4) is 0 Å². The predicted octanol–water partition coefficient (Wildman–Crippen LogP) is 5.02. The first-order chi connectivity index (χ1) is 9.20. The van der Waals surface area contributed by atoms with Crippen molar-refractivity contribution in [1.29, 1.82) is 0 Å². The van der Waals surface area contributed by atoms with Crippen LogP contribution >= 0.6 is 34.8 Å². The summed E-state index contributed by atoms with van der Waals surface area (Å²) in [5.74, 6) is 0. The van der Waals surface area contributed by atoms with Crippen LogP contribution in [-0.4, -0.2) is 4.98 Å². The van der Waals surface area contributed by atoms with Crippen LogP contribution in [0.5, 0.6) is 0 Å². The first kappa shape index (κ1) is 15.2. The Hall–Kier alpha value is -1.17. The van der Waals surface area contributed by atoms with E-state index in [0.29, 0.717) is 12.3 Å². The van der Waals surface area contributed by atoms with Crippen molar-refractivity contribution in [3.63, 3.8) is 0 Å². The maximum absolute atomic E-state index is 12.7. The number of hydrogen-bond acceptors (Lipinski definition) is 1. The highest BCUT2D eigenvalue weighted by Crippen LogP contribution is 2.36. The molecule has 0 radical (unpaired) electrons. The fourth-order valence-corrected chi connectivity index (χ4v) is 2.23. The largest absolute Gasteiger partial charge is 0.417 e. The molecule has 0 saturated heterocycles. The van der Waals surface area contributed by atoms with E-state index in [0.717, 1.165) is 0 Å². The molecule has 2 aromatic rings. The lowest BCUT2D eigenvalue weighted by atomic mass is 10.1. The van der Waals surface area contributed by atoms with Crippen LogP contribution in [0.15, 0.2) is 29.2 Å². The maximum Gasteiger partial charge on any atom is 0.417 e. The first-order valence-electron chi connectivity index (χ1n) is 5.15. The van der Waals surface area contributed by atoms with E-state index in [2.05, 4.69) is 0 Å². The van der Waals surface area contributed by atoms with Gasteiger partial charge >= 0.3 is 6.18 Å². The van der Waals surface area contributed by atoms with Crippen LogP contribution in [0.1, 0.15) is 5.56 Å². The lowest BCUT2D eigenvalue weighted by molar-refractivity contribution is -0.137. The number of rotatable bonds is 1. The number of aromatic nitrogens is 1. The highest BCUT2D eigenvalue weighted by Gasteiger charge is 2.31. The average molecular weight is 343 g/mol. The lowest BCUT2D eigenvalue weighted by Crippen LogP contribution is -2.14. The second-order valence-corrected chi connectivity index (χ2v) is 5.10. The van der Waals surface area contributed by atoms with E-state index >= 15 is 0 Å². The van der Waals surface area contributed by atoms with Crippen LogP contribution in [0.25, 0.3) is 11.1 Å². The molecule has 2 rings (SSSR count). The highest BCUT2D eigenvalue weighted by molar-refractivity contribution is 6.44. The molecule has 0 spiro atoms. The molecule has 0 aliphatic carbocycles. The Bertz CT molecular complexity index is 725. The SMILES string of the molecule is O=c1[nH]cc(C(F)(F)F)cc1-c1cc(Cl)c(Cl)cc1Cl. The molecule has 106 valence electrons. The van der Waals surface area contributed by atoms with Crippen molar-refractivity contribution in [1.82, 2.24) is 4.98 Å². The predicted molar refractivity (Wildman–Crippen MR) is 72.5 cm³/mol. The highest BCUT2D eigenvalue weighted by atomic mass is 35.5. The van der Waals surface area contributed by atoms with Gasteiger partial charge in [0.05, 0.1) is 20.6 Å². The number of H-pyrrole nitrogens is 1. The second-order valence-electron chi connectivity index (χ2n) is 3.88. The number of halogens is 6. The zero-order chi connectivity index (χ0) is 15.1. The molecule has 1 aromatic heterocycles. The summed E-state index contributed by atoms with van der Waals surface area (Å²) in [5, 5.41) is 0.260. The van der Waals surface area contributed by atoms with E-state index in [-0.39, 0.29) is 26.2 Å². The number of hydrogen-bond donors (Lipinski definition) is 1. The molecule has 2 nitrogen and oxygen atoms in total. The molecule has 0 fully saturated rings. The third-order valence-corrected chi connectivity index (χ3v) is 3.57.